The van der Waals surface area contributed by atoms with Crippen molar-refractivity contribution in [1.82, 2.24) is 4.98 Å². The Hall–Kier alpha value is -0.730. The standard InChI is InChI=1S/C8H4BrClF2N2/c9-6-3-5(8(11)12)4(1-2-13)7(10)14-6/h3,8H,1H2. The SMILES string of the molecule is N#CCc1c(C(F)F)cc(Br)nc1Cl. The molecule has 0 N–H and O–H groups in total. The van der Waals surface area contributed by atoms with Gasteiger partial charge in [0.1, 0.15) is 9.76 Å². The lowest BCUT2D eigenvalue weighted by Gasteiger charge is -2.07. The summed E-state index contributed by atoms with van der Waals surface area (Å²) in [6, 6.07) is 2.94. The van der Waals surface area contributed by atoms with Gasteiger partial charge in [-0.3, -0.25) is 0 Å². The van der Waals surface area contributed by atoms with Crippen LogP contribution in [0.15, 0.2) is 10.7 Å². The second kappa shape index (κ2) is 4.67. The number of rotatable bonds is 2. The van der Waals surface area contributed by atoms with Gasteiger partial charge in [0.2, 0.25) is 0 Å². The molecule has 0 amide bonds. The molecule has 0 saturated carbocycles. The molecule has 0 radical (unpaired) electrons. The number of nitriles is 1. The Morgan fingerprint density at radius 1 is 1.64 bits per heavy atom. The summed E-state index contributed by atoms with van der Waals surface area (Å²) in [5, 5.41) is 8.37. The van der Waals surface area contributed by atoms with Gasteiger partial charge in [-0.1, -0.05) is 11.6 Å². The predicted molar refractivity (Wildman–Crippen MR) is 51.2 cm³/mol. The first-order valence-corrected chi connectivity index (χ1v) is 4.73. The molecule has 1 aromatic heterocycles. The van der Waals surface area contributed by atoms with E-state index < -0.39 is 6.43 Å². The number of halogens is 4. The van der Waals surface area contributed by atoms with Gasteiger partial charge in [0.15, 0.2) is 0 Å². The van der Waals surface area contributed by atoms with Crippen molar-refractivity contribution < 1.29 is 8.78 Å². The van der Waals surface area contributed by atoms with E-state index in [2.05, 4.69) is 20.9 Å². The summed E-state index contributed by atoms with van der Waals surface area (Å²) < 4.78 is 25.2. The van der Waals surface area contributed by atoms with Crippen molar-refractivity contribution in [2.24, 2.45) is 0 Å². The minimum absolute atomic E-state index is 0.0591. The average Bonchev–Trinajstić information content (AvgIpc) is 2.09. The third-order valence-electron chi connectivity index (χ3n) is 1.57. The Morgan fingerprint density at radius 2 is 2.29 bits per heavy atom. The molecular formula is C8H4BrClF2N2. The molecule has 74 valence electrons. The monoisotopic (exact) mass is 280 g/mol. The topological polar surface area (TPSA) is 36.7 Å². The largest absolute Gasteiger partial charge is 0.264 e. The molecule has 0 saturated heterocycles. The summed E-state index contributed by atoms with van der Waals surface area (Å²) in [5.41, 5.74) is -0.161. The normalized spacial score (nSPS) is 10.3. The van der Waals surface area contributed by atoms with Crippen molar-refractivity contribution in [3.05, 3.63) is 26.9 Å². The zero-order valence-electron chi connectivity index (χ0n) is 6.77. The number of aromatic nitrogens is 1. The summed E-state index contributed by atoms with van der Waals surface area (Å²) in [4.78, 5) is 3.73. The second-order valence-electron chi connectivity index (χ2n) is 2.44. The molecule has 2 nitrogen and oxygen atoms in total. The maximum absolute atomic E-state index is 12.5. The highest BCUT2D eigenvalue weighted by Crippen LogP contribution is 2.29. The Bertz CT molecular complexity index is 390. The molecule has 0 unspecified atom stereocenters. The van der Waals surface area contributed by atoms with Crippen LogP contribution in [0.5, 0.6) is 0 Å². The minimum Gasteiger partial charge on any atom is -0.229 e. The van der Waals surface area contributed by atoms with E-state index in [4.69, 9.17) is 16.9 Å². The molecule has 0 atom stereocenters. The van der Waals surface area contributed by atoms with E-state index in [9.17, 15) is 8.78 Å². The molecule has 0 aromatic carbocycles. The van der Waals surface area contributed by atoms with Gasteiger partial charge in [0.25, 0.3) is 6.43 Å². The van der Waals surface area contributed by atoms with Crippen LogP contribution in [-0.2, 0) is 6.42 Å². The summed E-state index contributed by atoms with van der Waals surface area (Å²) in [7, 11) is 0. The van der Waals surface area contributed by atoms with Crippen molar-refractivity contribution in [2.45, 2.75) is 12.8 Å². The van der Waals surface area contributed by atoms with Gasteiger partial charge < -0.3 is 0 Å². The van der Waals surface area contributed by atoms with Crippen LogP contribution in [0.1, 0.15) is 17.6 Å². The fourth-order valence-electron chi connectivity index (χ4n) is 0.977. The smallest absolute Gasteiger partial charge is 0.229 e. The first kappa shape index (κ1) is 11.3. The summed E-state index contributed by atoms with van der Waals surface area (Å²) in [6.07, 6.45) is -2.83. The van der Waals surface area contributed by atoms with Crippen molar-refractivity contribution in [2.75, 3.05) is 0 Å². The third kappa shape index (κ3) is 2.40. The molecule has 0 aliphatic heterocycles. The van der Waals surface area contributed by atoms with E-state index in [0.29, 0.717) is 0 Å². The first-order chi connectivity index (χ1) is 6.56. The van der Waals surface area contributed by atoms with E-state index in [-0.39, 0.29) is 27.3 Å². The fraction of sp³-hybridized carbons (Fsp3) is 0.250. The Balaban J connectivity index is 3.30. The van der Waals surface area contributed by atoms with Gasteiger partial charge in [-0.2, -0.15) is 5.26 Å². The zero-order chi connectivity index (χ0) is 10.7. The molecule has 1 heterocycles. The highest BCUT2D eigenvalue weighted by atomic mass is 79.9. The van der Waals surface area contributed by atoms with Crippen LogP contribution >= 0.6 is 27.5 Å². The Labute approximate surface area is 92.6 Å². The number of alkyl halides is 2. The fourth-order valence-corrected chi connectivity index (χ4v) is 1.77. The molecule has 1 rings (SSSR count). The molecular weight excluding hydrogens is 277 g/mol. The molecule has 0 spiro atoms. The minimum atomic E-state index is -2.66. The van der Waals surface area contributed by atoms with E-state index in [0.717, 1.165) is 0 Å². The van der Waals surface area contributed by atoms with Crippen LogP contribution in [-0.4, -0.2) is 4.98 Å². The summed E-state index contributed by atoms with van der Waals surface area (Å²) in [6.45, 7) is 0. The number of nitrogens with zero attached hydrogens (tertiary/aromatic N) is 2. The molecule has 1 aromatic rings. The van der Waals surface area contributed by atoms with E-state index in [1.54, 1.807) is 6.07 Å². The van der Waals surface area contributed by atoms with Gasteiger partial charge in [-0.25, -0.2) is 13.8 Å². The van der Waals surface area contributed by atoms with E-state index in [1.165, 1.54) is 6.07 Å². The van der Waals surface area contributed by atoms with Gasteiger partial charge in [-0.05, 0) is 22.0 Å². The van der Waals surface area contributed by atoms with E-state index in [1.807, 2.05) is 0 Å². The summed E-state index contributed by atoms with van der Waals surface area (Å²) in [5.74, 6) is 0. The molecule has 0 aliphatic rings. The van der Waals surface area contributed by atoms with Crippen molar-refractivity contribution in [1.29, 1.82) is 5.26 Å². The Kier molecular flexibility index (Phi) is 3.78. The van der Waals surface area contributed by atoms with Crippen LogP contribution in [0.3, 0.4) is 0 Å². The first-order valence-electron chi connectivity index (χ1n) is 3.56. The van der Waals surface area contributed by atoms with Crippen molar-refractivity contribution in [3.8, 4) is 6.07 Å². The maximum Gasteiger partial charge on any atom is 0.264 e. The molecule has 14 heavy (non-hydrogen) atoms. The highest BCUT2D eigenvalue weighted by molar-refractivity contribution is 9.10. The Morgan fingerprint density at radius 3 is 2.79 bits per heavy atom. The lowest BCUT2D eigenvalue weighted by molar-refractivity contribution is 0.150. The van der Waals surface area contributed by atoms with Gasteiger partial charge in [0.05, 0.1) is 12.5 Å². The number of hydrogen-bond acceptors (Lipinski definition) is 2. The van der Waals surface area contributed by atoms with Crippen molar-refractivity contribution >= 4 is 27.5 Å². The second-order valence-corrected chi connectivity index (χ2v) is 3.61. The van der Waals surface area contributed by atoms with Crippen LogP contribution in [0.4, 0.5) is 8.78 Å². The molecule has 6 heteroatoms. The zero-order valence-corrected chi connectivity index (χ0v) is 9.11. The summed E-state index contributed by atoms with van der Waals surface area (Å²) >= 11 is 8.59. The molecule has 0 aliphatic carbocycles. The van der Waals surface area contributed by atoms with Gasteiger partial charge in [-0.15, -0.1) is 0 Å². The van der Waals surface area contributed by atoms with Gasteiger partial charge in [0, 0.05) is 11.1 Å². The maximum atomic E-state index is 12.5. The number of pyridine rings is 1. The number of hydrogen-bond donors (Lipinski definition) is 0. The quantitative estimate of drug-likeness (QED) is 0.778. The molecule has 0 fully saturated rings. The lowest BCUT2D eigenvalue weighted by atomic mass is 10.1. The van der Waals surface area contributed by atoms with Crippen molar-refractivity contribution in [3.63, 3.8) is 0 Å². The van der Waals surface area contributed by atoms with E-state index >= 15 is 0 Å². The molecule has 0 bridgehead atoms. The predicted octanol–water partition coefficient (Wildman–Crippen LogP) is 3.50. The average molecular weight is 281 g/mol. The van der Waals surface area contributed by atoms with Crippen LogP contribution in [0, 0.1) is 11.3 Å². The van der Waals surface area contributed by atoms with Crippen LogP contribution in [0.25, 0.3) is 0 Å². The lowest BCUT2D eigenvalue weighted by Crippen LogP contribution is -1.97. The van der Waals surface area contributed by atoms with Crippen LogP contribution < -0.4 is 0 Å². The van der Waals surface area contributed by atoms with Gasteiger partial charge >= 0.3 is 0 Å². The van der Waals surface area contributed by atoms with Crippen LogP contribution in [0.2, 0.25) is 5.15 Å². The third-order valence-corrected chi connectivity index (χ3v) is 2.29. The highest BCUT2D eigenvalue weighted by Gasteiger charge is 2.17.